The summed E-state index contributed by atoms with van der Waals surface area (Å²) in [5.41, 5.74) is 3.29. The molecule has 2 aliphatic heterocycles. The van der Waals surface area contributed by atoms with Gasteiger partial charge in [-0.15, -0.1) is 0 Å². The van der Waals surface area contributed by atoms with E-state index in [0.717, 1.165) is 14.0 Å². The highest BCUT2D eigenvalue weighted by molar-refractivity contribution is 5.76. The molecule has 0 bridgehead atoms. The number of hydrogen-bond donors (Lipinski definition) is 1. The van der Waals surface area contributed by atoms with Crippen molar-refractivity contribution in [3.05, 3.63) is 23.2 Å². The van der Waals surface area contributed by atoms with Gasteiger partial charge in [-0.2, -0.15) is 0 Å². The van der Waals surface area contributed by atoms with Crippen molar-refractivity contribution in [2.24, 2.45) is 23.0 Å². The quantitative estimate of drug-likeness (QED) is 0.663. The number of ether oxygens (including phenoxy) is 3. The van der Waals surface area contributed by atoms with Gasteiger partial charge in [0.2, 0.25) is 0 Å². The van der Waals surface area contributed by atoms with E-state index >= 15 is 0 Å². The standard InChI is InChI=1S/C25H40N2O4/c1-15(2)10-17-14-27-9-8-16-11-21(29-6)22(30-7)12-18(16)19(27)13-20(17)31-24(28)23(26)25(3,4)5/h11-12,15,17,19-20,23H,8-10,13-14,26H2,1-7H3/t17?,19?,20?,23-/m1/s1/i1D3,6D3,8D2,9D2,10D2,11D,12D,15D,19D,20D/t15?,17?,19?,20?,23-. The predicted molar refractivity (Wildman–Crippen MR) is 122 cm³/mol. The second kappa shape index (κ2) is 9.37. The molecule has 1 aromatic carbocycles. The first-order chi connectivity index (χ1) is 21.1. The fourth-order valence-corrected chi connectivity index (χ4v) is 3.27. The van der Waals surface area contributed by atoms with Crippen molar-refractivity contribution in [3.63, 3.8) is 0 Å². The summed E-state index contributed by atoms with van der Waals surface area (Å²) < 4.78 is 160. The van der Waals surface area contributed by atoms with Gasteiger partial charge in [-0.1, -0.05) is 34.5 Å². The first-order valence-corrected chi connectivity index (χ1v) is 9.75. The average molecular weight is 450 g/mol. The lowest BCUT2D eigenvalue weighted by Crippen LogP contribution is -2.51. The van der Waals surface area contributed by atoms with Crippen LogP contribution < -0.4 is 15.2 Å². The van der Waals surface area contributed by atoms with Crippen molar-refractivity contribution in [2.45, 2.75) is 71.9 Å². The highest BCUT2D eigenvalue weighted by Crippen LogP contribution is 2.44. The number of piperidine rings is 1. The molecule has 1 fully saturated rings. The molecule has 0 spiro atoms. The lowest BCUT2D eigenvalue weighted by Gasteiger charge is -2.47. The number of carbonyl (C=O) groups excluding carboxylic acids is 1. The van der Waals surface area contributed by atoms with Crippen molar-refractivity contribution in [1.29, 1.82) is 0 Å². The number of esters is 1. The van der Waals surface area contributed by atoms with Crippen molar-refractivity contribution < 1.29 is 42.3 Å². The van der Waals surface area contributed by atoms with E-state index in [-0.39, 0.29) is 0 Å². The minimum atomic E-state index is -3.42. The van der Waals surface area contributed by atoms with Crippen LogP contribution in [0, 0.1) is 17.2 Å². The number of benzene rings is 1. The van der Waals surface area contributed by atoms with Gasteiger partial charge in [0, 0.05) is 45.1 Å². The second-order valence-corrected chi connectivity index (χ2v) is 8.49. The third-order valence-corrected chi connectivity index (χ3v) is 5.07. The van der Waals surface area contributed by atoms with Crippen LogP contribution in [-0.4, -0.2) is 50.2 Å². The summed E-state index contributed by atoms with van der Waals surface area (Å²) in [6, 6.07) is -6.34. The molecule has 0 amide bonds. The molecule has 1 saturated heterocycles. The Morgan fingerprint density at radius 2 is 2.23 bits per heavy atom. The summed E-state index contributed by atoms with van der Waals surface area (Å²) in [7, 11) is -2.28. The zero-order valence-electron chi connectivity index (χ0n) is 35.2. The number of nitrogens with two attached hydrogens (primary N) is 1. The zero-order chi connectivity index (χ0) is 37.8. The van der Waals surface area contributed by atoms with E-state index in [1.807, 2.05) is 0 Å². The number of carbonyl (C=O) groups is 1. The summed E-state index contributed by atoms with van der Waals surface area (Å²) in [6.45, 7) is -2.61. The van der Waals surface area contributed by atoms with Crippen LogP contribution in [0.1, 0.15) is 87.8 Å². The Hall–Kier alpha value is -1.79. The van der Waals surface area contributed by atoms with Crippen molar-refractivity contribution in [1.82, 2.24) is 4.90 Å². The van der Waals surface area contributed by atoms with Crippen LogP contribution in [0.25, 0.3) is 0 Å². The van der Waals surface area contributed by atoms with E-state index in [0.29, 0.717) is 4.90 Å². The third kappa shape index (κ3) is 5.17. The van der Waals surface area contributed by atoms with E-state index < -0.39 is 122 Å². The Morgan fingerprint density at radius 3 is 2.87 bits per heavy atom. The summed E-state index contributed by atoms with van der Waals surface area (Å²) in [6.07, 6.45) is -11.0. The molecule has 31 heavy (non-hydrogen) atoms. The third-order valence-electron chi connectivity index (χ3n) is 5.07. The molecule has 0 aromatic heterocycles. The Labute approximate surface area is 211 Å². The Morgan fingerprint density at radius 1 is 1.48 bits per heavy atom. The minimum absolute atomic E-state index is 0.436. The maximum absolute atomic E-state index is 13.4. The van der Waals surface area contributed by atoms with Gasteiger partial charge >= 0.3 is 5.97 Å². The van der Waals surface area contributed by atoms with E-state index in [2.05, 4.69) is 0 Å². The average Bonchev–Trinajstić information content (AvgIpc) is 2.86. The van der Waals surface area contributed by atoms with E-state index in [1.54, 1.807) is 20.8 Å². The number of fused-ring (bicyclic) bond motifs is 3. The Bertz CT molecular complexity index is 1460. The summed E-state index contributed by atoms with van der Waals surface area (Å²) >= 11 is 0. The van der Waals surface area contributed by atoms with Gasteiger partial charge in [-0.25, -0.2) is 0 Å². The van der Waals surface area contributed by atoms with E-state index in [9.17, 15) is 7.54 Å². The summed E-state index contributed by atoms with van der Waals surface area (Å²) in [4.78, 5) is 13.8. The van der Waals surface area contributed by atoms with Crippen LogP contribution >= 0.6 is 0 Å². The number of methoxy groups -OCH3 is 2. The largest absolute Gasteiger partial charge is 0.493 e. The van der Waals surface area contributed by atoms with Gasteiger partial charge in [0.1, 0.15) is 12.1 Å². The highest BCUT2D eigenvalue weighted by atomic mass is 16.5. The molecule has 174 valence electrons. The lowest BCUT2D eigenvalue weighted by molar-refractivity contribution is -0.161. The second-order valence-electron chi connectivity index (χ2n) is 8.49. The molecule has 2 heterocycles. The minimum Gasteiger partial charge on any atom is -0.493 e. The molecular weight excluding hydrogens is 392 g/mol. The van der Waals surface area contributed by atoms with Crippen LogP contribution in [0.3, 0.4) is 0 Å². The van der Waals surface area contributed by atoms with Gasteiger partial charge in [0.25, 0.3) is 0 Å². The van der Waals surface area contributed by atoms with Crippen LogP contribution in [0.5, 0.6) is 11.5 Å². The van der Waals surface area contributed by atoms with Crippen LogP contribution in [-0.2, 0) is 15.9 Å². The molecule has 1 aromatic rings. The molecule has 2 N–H and O–H groups in total. The van der Waals surface area contributed by atoms with E-state index in [4.69, 9.17) is 40.5 Å². The maximum atomic E-state index is 13.4. The molecular formula is C25H40N2O4. The number of nitrogens with zero attached hydrogens (tertiary/aromatic N) is 1. The molecule has 0 saturated carbocycles. The lowest BCUT2D eigenvalue weighted by atomic mass is 9.79. The molecule has 0 aliphatic carbocycles. The first-order valence-electron chi connectivity index (χ1n) is 18.2. The van der Waals surface area contributed by atoms with E-state index in [1.165, 1.54) is 0 Å². The molecule has 0 radical (unpaired) electrons. The topological polar surface area (TPSA) is 74.0 Å². The Balaban J connectivity index is 2.49. The van der Waals surface area contributed by atoms with Gasteiger partial charge < -0.3 is 19.9 Å². The monoisotopic (exact) mass is 449 g/mol. The number of rotatable bonds is 6. The smallest absolute Gasteiger partial charge is 0.323 e. The zero-order valence-corrected chi connectivity index (χ0v) is 18.2. The van der Waals surface area contributed by atoms with Crippen molar-refractivity contribution in [3.8, 4) is 11.5 Å². The molecule has 2 aliphatic rings. The molecule has 5 atom stereocenters. The Kier molecular flexibility index (Phi) is 3.02. The maximum Gasteiger partial charge on any atom is 0.323 e. The summed E-state index contributed by atoms with van der Waals surface area (Å²) in [5, 5.41) is 0. The molecule has 4 unspecified atom stereocenters. The van der Waals surface area contributed by atoms with Gasteiger partial charge in [-0.3, -0.25) is 9.69 Å². The molecule has 6 heteroatoms. The fourth-order valence-electron chi connectivity index (χ4n) is 3.27. The summed E-state index contributed by atoms with van der Waals surface area (Å²) in [5.74, 6) is -8.28. The van der Waals surface area contributed by atoms with Crippen molar-refractivity contribution >= 4 is 5.97 Å². The van der Waals surface area contributed by atoms with Crippen LogP contribution in [0.15, 0.2) is 12.1 Å². The van der Waals surface area contributed by atoms with Gasteiger partial charge in [-0.05, 0) is 47.3 Å². The van der Waals surface area contributed by atoms with Gasteiger partial charge in [0.15, 0.2) is 11.5 Å². The normalized spacial score (nSPS) is 44.1. The molecule has 6 nitrogen and oxygen atoms in total. The molecule has 3 rings (SSSR count). The number of hydrogen-bond acceptors (Lipinski definition) is 6. The van der Waals surface area contributed by atoms with Gasteiger partial charge in [0.05, 0.1) is 23.7 Å². The predicted octanol–water partition coefficient (Wildman–Crippen LogP) is 3.95. The highest BCUT2D eigenvalue weighted by Gasteiger charge is 2.42. The fraction of sp³-hybridized carbons (Fsp3) is 0.720. The van der Waals surface area contributed by atoms with Crippen molar-refractivity contribution in [2.75, 3.05) is 27.2 Å². The first kappa shape index (κ1) is 10.0. The van der Waals surface area contributed by atoms with Crippen LogP contribution in [0.4, 0.5) is 0 Å². The van der Waals surface area contributed by atoms with Crippen LogP contribution in [0.2, 0.25) is 0 Å². The SMILES string of the molecule is [2H]c1c(OC)c(OC([2H])([2H])[2H])c([2H])c2c1C1([2H])CC([2H])(OC(=O)[C@@H](N)C(C)(C)C)C(C([2H])([2H])C([2H])(C)C([2H])([2H])[2H])CN1C([2H])([2H])C2([2H])[2H].